The van der Waals surface area contributed by atoms with Crippen molar-refractivity contribution < 1.29 is 4.79 Å². The lowest BCUT2D eigenvalue weighted by Crippen LogP contribution is -2.48. The van der Waals surface area contributed by atoms with Gasteiger partial charge in [0.2, 0.25) is 5.91 Å². The number of nitrogens with one attached hydrogen (secondary N) is 1. The maximum Gasteiger partial charge on any atom is 0.229 e. The van der Waals surface area contributed by atoms with Gasteiger partial charge in [0.1, 0.15) is 0 Å². The predicted molar refractivity (Wildman–Crippen MR) is 87.5 cm³/mol. The van der Waals surface area contributed by atoms with Crippen LogP contribution >= 0.6 is 0 Å². The van der Waals surface area contributed by atoms with Crippen molar-refractivity contribution in [1.29, 1.82) is 0 Å². The van der Waals surface area contributed by atoms with Crippen molar-refractivity contribution in [1.82, 2.24) is 14.8 Å². The number of piperidine rings is 1. The lowest BCUT2D eigenvalue weighted by Gasteiger charge is -2.37. The van der Waals surface area contributed by atoms with Gasteiger partial charge in [-0.25, -0.2) is 0 Å². The summed E-state index contributed by atoms with van der Waals surface area (Å²) in [5.41, 5.74) is 2.41. The average Bonchev–Trinajstić information content (AvgIpc) is 3.12. The molecule has 0 radical (unpaired) electrons. The highest BCUT2D eigenvalue weighted by molar-refractivity contribution is 5.84. The molecule has 1 spiro atoms. The van der Waals surface area contributed by atoms with Crippen LogP contribution in [0.4, 0.5) is 0 Å². The molecule has 4 rings (SSSR count). The number of rotatable bonds is 2. The molecule has 1 amide bonds. The summed E-state index contributed by atoms with van der Waals surface area (Å²) in [6, 6.07) is 8.71. The fourth-order valence-corrected chi connectivity index (χ4v) is 4.20. The average molecular weight is 297 g/mol. The van der Waals surface area contributed by atoms with Gasteiger partial charge in [-0.2, -0.15) is 0 Å². The molecule has 3 heterocycles. The Bertz CT molecular complexity index is 707. The van der Waals surface area contributed by atoms with Crippen molar-refractivity contribution in [2.45, 2.75) is 25.8 Å². The Morgan fingerprint density at radius 2 is 2.14 bits per heavy atom. The summed E-state index contributed by atoms with van der Waals surface area (Å²) in [4.78, 5) is 20.2. The molecule has 0 saturated carbocycles. The summed E-state index contributed by atoms with van der Waals surface area (Å²) in [5, 5.41) is 1.26. The molecule has 4 heteroatoms. The summed E-state index contributed by atoms with van der Waals surface area (Å²) in [6.07, 6.45) is 5.20. The van der Waals surface area contributed by atoms with E-state index in [4.69, 9.17) is 0 Å². The first-order valence-corrected chi connectivity index (χ1v) is 8.20. The van der Waals surface area contributed by atoms with E-state index >= 15 is 0 Å². The van der Waals surface area contributed by atoms with E-state index in [0.29, 0.717) is 5.91 Å². The second-order valence-electron chi connectivity index (χ2n) is 6.97. The summed E-state index contributed by atoms with van der Waals surface area (Å²) in [7, 11) is 1.95. The minimum absolute atomic E-state index is 0.106. The van der Waals surface area contributed by atoms with Crippen LogP contribution in [-0.4, -0.2) is 47.4 Å². The molecular formula is C18H23N3O. The van der Waals surface area contributed by atoms with Gasteiger partial charge in [-0.1, -0.05) is 6.07 Å². The first-order valence-electron chi connectivity index (χ1n) is 8.20. The molecule has 0 unspecified atom stereocenters. The zero-order chi connectivity index (χ0) is 15.2. The fraction of sp³-hybridized carbons (Fsp3) is 0.500. The van der Waals surface area contributed by atoms with E-state index in [2.05, 4.69) is 34.1 Å². The van der Waals surface area contributed by atoms with Crippen LogP contribution < -0.4 is 0 Å². The molecule has 1 N–H and O–H groups in total. The largest absolute Gasteiger partial charge is 0.361 e. The standard InChI is InChI=1S/C18H23N3O/c1-20-9-2-6-18(17(20)22)7-10-21(13-18)12-14-3-4-16-15(11-14)5-8-19-16/h3-5,8,11,19H,2,6-7,9-10,12-13H2,1H3/t18-/m1/s1. The number of hydrogen-bond acceptors (Lipinski definition) is 2. The first kappa shape index (κ1) is 13.8. The van der Waals surface area contributed by atoms with Gasteiger partial charge in [0, 0.05) is 38.4 Å². The van der Waals surface area contributed by atoms with Gasteiger partial charge in [0.25, 0.3) is 0 Å². The lowest BCUT2D eigenvalue weighted by molar-refractivity contribution is -0.143. The van der Waals surface area contributed by atoms with Crippen LogP contribution in [0.1, 0.15) is 24.8 Å². The Hall–Kier alpha value is -1.81. The third-order valence-corrected chi connectivity index (χ3v) is 5.41. The quantitative estimate of drug-likeness (QED) is 0.925. The normalized spacial score (nSPS) is 26.4. The summed E-state index contributed by atoms with van der Waals surface area (Å²) >= 11 is 0. The van der Waals surface area contributed by atoms with E-state index in [-0.39, 0.29) is 5.41 Å². The van der Waals surface area contributed by atoms with Crippen LogP contribution in [0.15, 0.2) is 30.5 Å². The number of likely N-dealkylation sites (tertiary alicyclic amines) is 2. The molecule has 0 aliphatic carbocycles. The minimum Gasteiger partial charge on any atom is -0.361 e. The van der Waals surface area contributed by atoms with Crippen LogP contribution in [0.5, 0.6) is 0 Å². The summed E-state index contributed by atoms with van der Waals surface area (Å²) in [5.74, 6) is 0.363. The molecule has 4 nitrogen and oxygen atoms in total. The van der Waals surface area contributed by atoms with E-state index in [9.17, 15) is 4.79 Å². The Kier molecular flexibility index (Phi) is 3.22. The maximum absolute atomic E-state index is 12.6. The molecule has 1 aromatic carbocycles. The topological polar surface area (TPSA) is 39.3 Å². The molecule has 1 aromatic heterocycles. The molecule has 1 atom stereocenters. The molecule has 2 fully saturated rings. The number of nitrogens with zero attached hydrogens (tertiary/aromatic N) is 2. The maximum atomic E-state index is 12.6. The first-order chi connectivity index (χ1) is 10.7. The SMILES string of the molecule is CN1CCC[C@]2(CCN(Cc3ccc4[nH]ccc4c3)C2)C1=O. The van der Waals surface area contributed by atoms with Crippen molar-refractivity contribution in [3.63, 3.8) is 0 Å². The Morgan fingerprint density at radius 3 is 3.05 bits per heavy atom. The second-order valence-corrected chi connectivity index (χ2v) is 6.97. The zero-order valence-electron chi connectivity index (χ0n) is 13.1. The van der Waals surface area contributed by atoms with Gasteiger partial charge in [-0.3, -0.25) is 9.69 Å². The van der Waals surface area contributed by atoms with Crippen molar-refractivity contribution in [3.8, 4) is 0 Å². The van der Waals surface area contributed by atoms with Crippen molar-refractivity contribution in [2.75, 3.05) is 26.7 Å². The van der Waals surface area contributed by atoms with Crippen molar-refractivity contribution in [2.24, 2.45) is 5.41 Å². The number of carbonyl (C=O) groups excluding carboxylic acids is 1. The smallest absolute Gasteiger partial charge is 0.229 e. The Balaban J connectivity index is 1.49. The molecule has 2 aromatic rings. The number of amides is 1. The monoisotopic (exact) mass is 297 g/mol. The van der Waals surface area contributed by atoms with Crippen molar-refractivity contribution >= 4 is 16.8 Å². The Morgan fingerprint density at radius 1 is 1.23 bits per heavy atom. The van der Waals surface area contributed by atoms with Crippen LogP contribution in [0.3, 0.4) is 0 Å². The number of carbonyl (C=O) groups is 1. The lowest BCUT2D eigenvalue weighted by atomic mass is 9.78. The van der Waals surface area contributed by atoms with E-state index in [1.54, 1.807) is 0 Å². The van der Waals surface area contributed by atoms with Crippen LogP contribution in [0.2, 0.25) is 0 Å². The molecule has 2 saturated heterocycles. The zero-order valence-corrected chi connectivity index (χ0v) is 13.1. The number of aromatic amines is 1. The highest BCUT2D eigenvalue weighted by Crippen LogP contribution is 2.40. The summed E-state index contributed by atoms with van der Waals surface area (Å²) in [6.45, 7) is 3.82. The van der Waals surface area contributed by atoms with Crippen LogP contribution in [0, 0.1) is 5.41 Å². The molecule has 0 bridgehead atoms. The van der Waals surface area contributed by atoms with Gasteiger partial charge < -0.3 is 9.88 Å². The third-order valence-electron chi connectivity index (χ3n) is 5.41. The number of aromatic nitrogens is 1. The number of fused-ring (bicyclic) bond motifs is 1. The van der Waals surface area contributed by atoms with E-state index in [0.717, 1.165) is 45.4 Å². The number of H-pyrrole nitrogens is 1. The van der Waals surface area contributed by atoms with Gasteiger partial charge in [0.05, 0.1) is 5.41 Å². The summed E-state index contributed by atoms with van der Waals surface area (Å²) < 4.78 is 0. The molecule has 116 valence electrons. The van der Waals surface area contributed by atoms with Crippen LogP contribution in [-0.2, 0) is 11.3 Å². The molecule has 2 aliphatic rings. The predicted octanol–water partition coefficient (Wildman–Crippen LogP) is 2.61. The third kappa shape index (κ3) is 2.22. The van der Waals surface area contributed by atoms with E-state index in [1.165, 1.54) is 16.5 Å². The highest BCUT2D eigenvalue weighted by atomic mass is 16.2. The van der Waals surface area contributed by atoms with Gasteiger partial charge >= 0.3 is 0 Å². The molecule has 22 heavy (non-hydrogen) atoms. The van der Waals surface area contributed by atoms with E-state index in [1.807, 2.05) is 18.1 Å². The molecular weight excluding hydrogens is 274 g/mol. The van der Waals surface area contributed by atoms with Crippen molar-refractivity contribution in [3.05, 3.63) is 36.0 Å². The number of benzene rings is 1. The highest BCUT2D eigenvalue weighted by Gasteiger charge is 2.47. The second kappa shape index (κ2) is 5.13. The van der Waals surface area contributed by atoms with E-state index < -0.39 is 0 Å². The van der Waals surface area contributed by atoms with Crippen LogP contribution in [0.25, 0.3) is 10.9 Å². The minimum atomic E-state index is -0.106. The van der Waals surface area contributed by atoms with Gasteiger partial charge in [0.15, 0.2) is 0 Å². The Labute approximate surface area is 131 Å². The van der Waals surface area contributed by atoms with Gasteiger partial charge in [-0.15, -0.1) is 0 Å². The van der Waals surface area contributed by atoms with Gasteiger partial charge in [-0.05, 0) is 55.0 Å². The fourth-order valence-electron chi connectivity index (χ4n) is 4.20. The molecule has 2 aliphatic heterocycles. The number of hydrogen-bond donors (Lipinski definition) is 1.